The number of piperazine rings is 1. The minimum Gasteiger partial charge on any atom is -0.368 e. The number of hydrogen-bond donors (Lipinski definition) is 1. The van der Waals surface area contributed by atoms with E-state index in [-0.39, 0.29) is 11.9 Å². The van der Waals surface area contributed by atoms with E-state index in [0.29, 0.717) is 18.0 Å². The van der Waals surface area contributed by atoms with Gasteiger partial charge in [0, 0.05) is 49.1 Å². The van der Waals surface area contributed by atoms with Crippen molar-refractivity contribution in [3.05, 3.63) is 53.1 Å². The molecule has 6 nitrogen and oxygen atoms in total. The van der Waals surface area contributed by atoms with Gasteiger partial charge in [-0.1, -0.05) is 11.6 Å². The first-order valence-corrected chi connectivity index (χ1v) is 11.8. The van der Waals surface area contributed by atoms with Gasteiger partial charge >= 0.3 is 0 Å². The van der Waals surface area contributed by atoms with Crippen LogP contribution in [0, 0.1) is 0 Å². The Morgan fingerprint density at radius 3 is 2.37 bits per heavy atom. The Hall–Kier alpha value is -2.25. The number of halogens is 1. The van der Waals surface area contributed by atoms with Crippen LogP contribution in [0.2, 0.25) is 5.02 Å². The van der Waals surface area contributed by atoms with Crippen LogP contribution in [0.5, 0.6) is 0 Å². The molecule has 30 heavy (non-hydrogen) atoms. The van der Waals surface area contributed by atoms with Crippen LogP contribution in [0.1, 0.15) is 18.9 Å². The molecule has 0 radical (unpaired) electrons. The van der Waals surface area contributed by atoms with Gasteiger partial charge in [0.15, 0.2) is 10.7 Å². The second-order valence-electron chi connectivity index (χ2n) is 7.83. The maximum absolute atomic E-state index is 13.2. The van der Waals surface area contributed by atoms with Gasteiger partial charge in [-0.3, -0.25) is 4.79 Å². The third-order valence-corrected chi connectivity index (χ3v) is 6.99. The largest absolute Gasteiger partial charge is 0.368 e. The topological polar surface area (TPSA) is 60.9 Å². The summed E-state index contributed by atoms with van der Waals surface area (Å²) in [4.78, 5) is 19.9. The quantitative estimate of drug-likeness (QED) is 0.730. The molecule has 0 saturated carbocycles. The number of amides is 1. The number of nitrogens with zero attached hydrogens (tertiary/aromatic N) is 3. The Labute approximate surface area is 184 Å². The number of anilines is 2. The van der Waals surface area contributed by atoms with Crippen LogP contribution in [-0.2, 0) is 21.9 Å². The highest BCUT2D eigenvalue weighted by Crippen LogP contribution is 2.31. The van der Waals surface area contributed by atoms with Gasteiger partial charge in [-0.25, -0.2) is 8.42 Å². The lowest BCUT2D eigenvalue weighted by Crippen LogP contribution is -2.55. The number of benzene rings is 2. The third kappa shape index (κ3) is 4.27. The molecule has 0 aromatic heterocycles. The molecule has 2 aromatic rings. The molecule has 1 fully saturated rings. The van der Waals surface area contributed by atoms with Crippen LogP contribution in [0.25, 0.3) is 0 Å². The van der Waals surface area contributed by atoms with Crippen molar-refractivity contribution >= 4 is 39.6 Å². The summed E-state index contributed by atoms with van der Waals surface area (Å²) in [6.45, 7) is 5.63. The van der Waals surface area contributed by atoms with E-state index in [1.807, 2.05) is 42.2 Å². The van der Waals surface area contributed by atoms with E-state index in [0.717, 1.165) is 48.9 Å². The van der Waals surface area contributed by atoms with Gasteiger partial charge in [-0.15, -0.1) is 0 Å². The maximum atomic E-state index is 13.2. The molecule has 1 atom stereocenters. The standard InChI is InChI=1S/C22H26ClN3O3S/c1-16(26-10-2-3-17-15-18(23)4-9-21(17)26)22(27)25-13-11-24(12-14-25)19-5-7-20(8-6-19)30(28)29/h4-9,15-16,30H,2-3,10-14H2,1H3. The van der Waals surface area contributed by atoms with E-state index in [2.05, 4.69) is 9.80 Å². The smallest absolute Gasteiger partial charge is 0.245 e. The summed E-state index contributed by atoms with van der Waals surface area (Å²) >= 11 is 6.15. The number of carbonyl (C=O) groups is 1. The van der Waals surface area contributed by atoms with Gasteiger partial charge in [-0.05, 0) is 67.8 Å². The van der Waals surface area contributed by atoms with Crippen LogP contribution in [-0.4, -0.2) is 58.0 Å². The Balaban J connectivity index is 1.40. The molecule has 8 heteroatoms. The summed E-state index contributed by atoms with van der Waals surface area (Å²) in [7, 11) is -2.56. The molecule has 2 aliphatic heterocycles. The third-order valence-electron chi connectivity index (χ3n) is 6.04. The maximum Gasteiger partial charge on any atom is 0.245 e. The molecule has 1 unspecified atom stereocenters. The molecule has 1 amide bonds. The number of fused-ring (bicyclic) bond motifs is 1. The molecule has 0 spiro atoms. The van der Waals surface area contributed by atoms with Gasteiger partial charge in [0.05, 0.1) is 4.90 Å². The first kappa shape index (κ1) is 21.0. The van der Waals surface area contributed by atoms with Crippen molar-refractivity contribution in [2.24, 2.45) is 0 Å². The molecule has 0 bridgehead atoms. The molecular weight excluding hydrogens is 422 g/mol. The van der Waals surface area contributed by atoms with E-state index >= 15 is 0 Å². The summed E-state index contributed by atoms with van der Waals surface area (Å²) in [5.74, 6) is 0.149. The summed E-state index contributed by atoms with van der Waals surface area (Å²) in [5, 5.41) is 0.737. The SMILES string of the molecule is CC(C(=O)N1CCN(c2ccc([SH](=O)=O)cc2)CC1)N1CCCc2cc(Cl)ccc21. The van der Waals surface area contributed by atoms with Gasteiger partial charge < -0.3 is 14.7 Å². The minimum absolute atomic E-state index is 0.149. The number of carbonyl (C=O) groups excluding carboxylic acids is 1. The van der Waals surface area contributed by atoms with E-state index in [1.165, 1.54) is 5.56 Å². The molecule has 1 saturated heterocycles. The van der Waals surface area contributed by atoms with E-state index in [1.54, 1.807) is 12.1 Å². The van der Waals surface area contributed by atoms with Crippen LogP contribution in [0.15, 0.2) is 47.4 Å². The van der Waals surface area contributed by atoms with Crippen LogP contribution in [0.4, 0.5) is 11.4 Å². The fourth-order valence-corrected chi connectivity index (χ4v) is 4.95. The number of rotatable bonds is 4. The molecule has 0 N–H and O–H groups in total. The summed E-state index contributed by atoms with van der Waals surface area (Å²) < 4.78 is 22.1. The zero-order valence-electron chi connectivity index (χ0n) is 17.0. The molecule has 4 rings (SSSR count). The average Bonchev–Trinajstić information content (AvgIpc) is 2.77. The van der Waals surface area contributed by atoms with Crippen LogP contribution < -0.4 is 9.80 Å². The Bertz CT molecular complexity index is 993. The first-order chi connectivity index (χ1) is 14.4. The van der Waals surface area contributed by atoms with Crippen LogP contribution >= 0.6 is 11.6 Å². The van der Waals surface area contributed by atoms with Crippen molar-refractivity contribution in [3.63, 3.8) is 0 Å². The molecular formula is C22H26ClN3O3S. The Morgan fingerprint density at radius 2 is 1.70 bits per heavy atom. The normalized spacial score (nSPS) is 17.8. The predicted octanol–water partition coefficient (Wildman–Crippen LogP) is 2.80. The number of thiol groups is 1. The second-order valence-corrected chi connectivity index (χ2v) is 9.30. The van der Waals surface area contributed by atoms with E-state index < -0.39 is 10.7 Å². The summed E-state index contributed by atoms with van der Waals surface area (Å²) in [5.41, 5.74) is 3.31. The van der Waals surface area contributed by atoms with Gasteiger partial charge in [-0.2, -0.15) is 0 Å². The van der Waals surface area contributed by atoms with Crippen molar-refractivity contribution in [1.82, 2.24) is 4.90 Å². The Morgan fingerprint density at radius 1 is 1.00 bits per heavy atom. The minimum atomic E-state index is -2.56. The zero-order valence-corrected chi connectivity index (χ0v) is 18.6. The molecule has 0 aliphatic carbocycles. The molecule has 2 heterocycles. The Kier molecular flexibility index (Phi) is 6.20. The summed E-state index contributed by atoms with van der Waals surface area (Å²) in [6, 6.07) is 12.6. The highest BCUT2D eigenvalue weighted by atomic mass is 35.5. The van der Waals surface area contributed by atoms with Gasteiger partial charge in [0.2, 0.25) is 5.91 Å². The van der Waals surface area contributed by atoms with Crippen molar-refractivity contribution < 1.29 is 13.2 Å². The second kappa shape index (κ2) is 8.86. The van der Waals surface area contributed by atoms with Crippen molar-refractivity contribution in [2.75, 3.05) is 42.5 Å². The predicted molar refractivity (Wildman–Crippen MR) is 120 cm³/mol. The van der Waals surface area contributed by atoms with Crippen LogP contribution in [0.3, 0.4) is 0 Å². The lowest BCUT2D eigenvalue weighted by molar-refractivity contribution is -0.132. The first-order valence-electron chi connectivity index (χ1n) is 10.3. The van der Waals surface area contributed by atoms with Crippen molar-refractivity contribution in [1.29, 1.82) is 0 Å². The average molecular weight is 448 g/mol. The monoisotopic (exact) mass is 447 g/mol. The van der Waals surface area contributed by atoms with Crippen molar-refractivity contribution in [2.45, 2.75) is 30.7 Å². The molecule has 2 aromatic carbocycles. The number of aryl methyl sites for hydroxylation is 1. The number of hydrogen-bond acceptors (Lipinski definition) is 5. The molecule has 160 valence electrons. The highest BCUT2D eigenvalue weighted by Gasteiger charge is 2.31. The van der Waals surface area contributed by atoms with E-state index in [4.69, 9.17) is 11.6 Å². The summed E-state index contributed by atoms with van der Waals surface area (Å²) in [6.07, 6.45) is 2.01. The zero-order chi connectivity index (χ0) is 21.3. The fraction of sp³-hybridized carbons (Fsp3) is 0.409. The van der Waals surface area contributed by atoms with E-state index in [9.17, 15) is 13.2 Å². The molecule has 2 aliphatic rings. The van der Waals surface area contributed by atoms with Gasteiger partial charge in [0.25, 0.3) is 0 Å². The fourth-order valence-electron chi connectivity index (χ4n) is 4.36. The highest BCUT2D eigenvalue weighted by molar-refractivity contribution is 7.72. The lowest BCUT2D eigenvalue weighted by Gasteiger charge is -2.41. The lowest BCUT2D eigenvalue weighted by atomic mass is 10.00. The van der Waals surface area contributed by atoms with Gasteiger partial charge in [0.1, 0.15) is 6.04 Å². The van der Waals surface area contributed by atoms with Crippen molar-refractivity contribution in [3.8, 4) is 0 Å².